The van der Waals surface area contributed by atoms with E-state index < -0.39 is 23.6 Å². The van der Waals surface area contributed by atoms with Crippen LogP contribution in [0.4, 0.5) is 4.79 Å². The highest BCUT2D eigenvalue weighted by Gasteiger charge is 2.25. The minimum absolute atomic E-state index is 0.268. The Bertz CT molecular complexity index is 1250. The van der Waals surface area contributed by atoms with E-state index in [1.807, 2.05) is 60.8 Å². The number of hydrazone groups is 1. The molecule has 176 valence electrons. The topological polar surface area (TPSA) is 105 Å². The normalized spacial score (nSPS) is 14.1. The molecule has 2 heterocycles. The first kappa shape index (κ1) is 23.1. The first-order valence-corrected chi connectivity index (χ1v) is 11.1. The Hall–Kier alpha value is -4.07. The zero-order valence-corrected chi connectivity index (χ0v) is 19.4. The molecule has 0 saturated carbocycles. The minimum Gasteiger partial charge on any atom is -0.488 e. The summed E-state index contributed by atoms with van der Waals surface area (Å²) >= 11 is 0. The van der Waals surface area contributed by atoms with Gasteiger partial charge in [-0.2, -0.15) is 5.10 Å². The highest BCUT2D eigenvalue weighted by Crippen LogP contribution is 2.25. The number of H-pyrrole nitrogens is 1. The van der Waals surface area contributed by atoms with Gasteiger partial charge in [-0.15, -0.1) is 0 Å². The zero-order valence-electron chi connectivity index (χ0n) is 19.4. The molecule has 0 bridgehead atoms. The maximum atomic E-state index is 13.0. The molecule has 8 heteroatoms. The van der Waals surface area contributed by atoms with Gasteiger partial charge in [-0.1, -0.05) is 36.4 Å². The number of amides is 2. The molecule has 1 aromatic heterocycles. The van der Waals surface area contributed by atoms with Crippen molar-refractivity contribution in [3.63, 3.8) is 0 Å². The summed E-state index contributed by atoms with van der Waals surface area (Å²) in [6, 6.07) is 14.6. The molecule has 8 nitrogen and oxygen atoms in total. The molecule has 2 amide bonds. The van der Waals surface area contributed by atoms with Crippen LogP contribution in [0.5, 0.6) is 5.75 Å². The van der Waals surface area contributed by atoms with Gasteiger partial charge in [-0.25, -0.2) is 10.2 Å². The van der Waals surface area contributed by atoms with Crippen LogP contribution in [0.1, 0.15) is 31.9 Å². The van der Waals surface area contributed by atoms with E-state index in [2.05, 4.69) is 20.8 Å². The van der Waals surface area contributed by atoms with Gasteiger partial charge in [0.25, 0.3) is 5.91 Å². The third kappa shape index (κ3) is 5.83. The standard InChI is InChI=1S/C26H28N4O4/c1-26(2,3)34-25(32)29-22(13-19-15-27-21-10-6-5-9-20(19)21)24(31)30-28-14-17-12-18-8-4-7-11-23(18)33-16-17/h4-12,14-15,22,27H,13,16H2,1-3H3,(H,29,32)(H,30,31). The fourth-order valence-corrected chi connectivity index (χ4v) is 3.64. The Balaban J connectivity index is 1.47. The van der Waals surface area contributed by atoms with Gasteiger partial charge in [0, 0.05) is 34.7 Å². The van der Waals surface area contributed by atoms with E-state index in [4.69, 9.17) is 9.47 Å². The number of hydrogen-bond donors (Lipinski definition) is 3. The van der Waals surface area contributed by atoms with Crippen molar-refractivity contribution in [2.24, 2.45) is 5.10 Å². The number of benzene rings is 2. The number of nitrogens with one attached hydrogen (secondary N) is 3. The number of carbonyl (C=O) groups excluding carboxylic acids is 2. The Labute approximate surface area is 198 Å². The van der Waals surface area contributed by atoms with Gasteiger partial charge >= 0.3 is 6.09 Å². The number of ether oxygens (including phenoxy) is 2. The molecule has 3 aromatic rings. The summed E-state index contributed by atoms with van der Waals surface area (Å²) in [7, 11) is 0. The van der Waals surface area contributed by atoms with Gasteiger partial charge < -0.3 is 19.8 Å². The molecule has 1 aliphatic rings. The minimum atomic E-state index is -0.886. The predicted octanol–water partition coefficient (Wildman–Crippen LogP) is 4.18. The fraction of sp³-hybridized carbons (Fsp3) is 0.269. The Morgan fingerprint density at radius 1 is 1.18 bits per heavy atom. The molecule has 3 N–H and O–H groups in total. The molecular formula is C26H28N4O4. The number of fused-ring (bicyclic) bond motifs is 2. The summed E-state index contributed by atoms with van der Waals surface area (Å²) in [5, 5.41) is 7.75. The third-order valence-electron chi connectivity index (χ3n) is 5.17. The van der Waals surface area contributed by atoms with Crippen LogP contribution >= 0.6 is 0 Å². The first-order valence-electron chi connectivity index (χ1n) is 11.1. The van der Waals surface area contributed by atoms with Crippen molar-refractivity contribution in [1.82, 2.24) is 15.7 Å². The predicted molar refractivity (Wildman–Crippen MR) is 132 cm³/mol. The van der Waals surface area contributed by atoms with E-state index in [1.165, 1.54) is 0 Å². The van der Waals surface area contributed by atoms with Gasteiger partial charge in [0.15, 0.2) is 0 Å². The summed E-state index contributed by atoms with van der Waals surface area (Å²) < 4.78 is 11.1. The SMILES string of the molecule is CC(C)(C)OC(=O)NC(Cc1c[nH]c2ccccc12)C(=O)NN=CC1=Cc2ccccc2OC1. The van der Waals surface area contributed by atoms with Crippen molar-refractivity contribution in [2.45, 2.75) is 38.8 Å². The third-order valence-corrected chi connectivity index (χ3v) is 5.17. The Morgan fingerprint density at radius 2 is 1.94 bits per heavy atom. The van der Waals surface area contributed by atoms with Crippen LogP contribution in [-0.4, -0.2) is 41.4 Å². The number of rotatable bonds is 6. The summed E-state index contributed by atoms with van der Waals surface area (Å²) in [4.78, 5) is 28.6. The van der Waals surface area contributed by atoms with Crippen LogP contribution in [0.3, 0.4) is 0 Å². The van der Waals surface area contributed by atoms with Gasteiger partial charge in [-0.05, 0) is 44.5 Å². The second-order valence-corrected chi connectivity index (χ2v) is 9.04. The molecule has 0 fully saturated rings. The number of nitrogens with zero attached hydrogens (tertiary/aromatic N) is 1. The van der Waals surface area contributed by atoms with E-state index in [0.29, 0.717) is 6.61 Å². The van der Waals surface area contributed by atoms with Crippen LogP contribution < -0.4 is 15.5 Å². The second-order valence-electron chi connectivity index (χ2n) is 9.04. The highest BCUT2D eigenvalue weighted by atomic mass is 16.6. The van der Waals surface area contributed by atoms with Crippen LogP contribution in [0, 0.1) is 0 Å². The lowest BCUT2D eigenvalue weighted by Crippen LogP contribution is -2.48. The average molecular weight is 461 g/mol. The molecule has 1 atom stereocenters. The van der Waals surface area contributed by atoms with Crippen molar-refractivity contribution >= 4 is 35.2 Å². The summed E-state index contributed by atoms with van der Waals surface area (Å²) in [5.41, 5.74) is 5.47. The maximum absolute atomic E-state index is 13.0. The average Bonchev–Trinajstić information content (AvgIpc) is 3.20. The van der Waals surface area contributed by atoms with E-state index in [9.17, 15) is 9.59 Å². The Kier molecular flexibility index (Phi) is 6.67. The summed E-state index contributed by atoms with van der Waals surface area (Å²) in [5.74, 6) is 0.356. The Morgan fingerprint density at radius 3 is 2.76 bits per heavy atom. The van der Waals surface area contributed by atoms with E-state index in [-0.39, 0.29) is 6.42 Å². The maximum Gasteiger partial charge on any atom is 0.408 e. The number of para-hydroxylation sites is 2. The first-order chi connectivity index (χ1) is 16.3. The lowest BCUT2D eigenvalue weighted by atomic mass is 10.0. The lowest BCUT2D eigenvalue weighted by molar-refractivity contribution is -0.123. The van der Waals surface area contributed by atoms with Crippen molar-refractivity contribution in [2.75, 3.05) is 6.61 Å². The van der Waals surface area contributed by atoms with Crippen molar-refractivity contribution in [3.8, 4) is 5.75 Å². The smallest absolute Gasteiger partial charge is 0.408 e. The molecule has 2 aromatic carbocycles. The highest BCUT2D eigenvalue weighted by molar-refractivity contribution is 5.91. The van der Waals surface area contributed by atoms with Crippen LogP contribution in [-0.2, 0) is 16.0 Å². The largest absolute Gasteiger partial charge is 0.488 e. The fourth-order valence-electron chi connectivity index (χ4n) is 3.64. The van der Waals surface area contributed by atoms with Crippen molar-refractivity contribution in [3.05, 3.63) is 71.4 Å². The quantitative estimate of drug-likeness (QED) is 0.379. The molecule has 4 rings (SSSR count). The van der Waals surface area contributed by atoms with E-state index >= 15 is 0 Å². The molecule has 1 unspecified atom stereocenters. The number of carbonyl (C=O) groups is 2. The van der Waals surface area contributed by atoms with E-state index in [0.717, 1.165) is 33.4 Å². The monoisotopic (exact) mass is 460 g/mol. The zero-order chi connectivity index (χ0) is 24.1. The van der Waals surface area contributed by atoms with Crippen LogP contribution in [0.25, 0.3) is 17.0 Å². The second kappa shape index (κ2) is 9.82. The molecule has 0 aliphatic carbocycles. The molecular weight excluding hydrogens is 432 g/mol. The number of hydrogen-bond acceptors (Lipinski definition) is 5. The van der Waals surface area contributed by atoms with Crippen molar-refractivity contribution < 1.29 is 19.1 Å². The van der Waals surface area contributed by atoms with Gasteiger partial charge in [0.1, 0.15) is 24.0 Å². The molecule has 0 radical (unpaired) electrons. The molecule has 34 heavy (non-hydrogen) atoms. The number of alkyl carbamates (subject to hydrolysis) is 1. The lowest BCUT2D eigenvalue weighted by Gasteiger charge is -2.23. The van der Waals surface area contributed by atoms with Gasteiger partial charge in [0.2, 0.25) is 0 Å². The van der Waals surface area contributed by atoms with Crippen molar-refractivity contribution in [1.29, 1.82) is 0 Å². The summed E-state index contributed by atoms with van der Waals surface area (Å²) in [6.07, 6.45) is 4.94. The number of aromatic amines is 1. The number of aromatic nitrogens is 1. The van der Waals surface area contributed by atoms with E-state index in [1.54, 1.807) is 27.0 Å². The molecule has 1 aliphatic heterocycles. The molecule has 0 spiro atoms. The molecule has 0 saturated heterocycles. The van der Waals surface area contributed by atoms with Crippen LogP contribution in [0.2, 0.25) is 0 Å². The van der Waals surface area contributed by atoms with Gasteiger partial charge in [0.05, 0.1) is 6.21 Å². The van der Waals surface area contributed by atoms with Crippen LogP contribution in [0.15, 0.2) is 65.4 Å². The summed E-state index contributed by atoms with van der Waals surface area (Å²) in [6.45, 7) is 5.66. The van der Waals surface area contributed by atoms with Gasteiger partial charge in [-0.3, -0.25) is 4.79 Å².